The predicted octanol–water partition coefficient (Wildman–Crippen LogP) is 4.81. The summed E-state index contributed by atoms with van der Waals surface area (Å²) in [6.45, 7) is 0.0858. The number of halogens is 2. The Morgan fingerprint density at radius 2 is 1.94 bits per heavy atom. The zero-order valence-corrected chi connectivity index (χ0v) is 18.7. The maximum absolute atomic E-state index is 13.5. The van der Waals surface area contributed by atoms with Crippen molar-refractivity contribution in [1.82, 2.24) is 5.32 Å². The Kier molecular flexibility index (Phi) is 6.82. The first kappa shape index (κ1) is 22.6. The zero-order chi connectivity index (χ0) is 23.4. The van der Waals surface area contributed by atoms with Gasteiger partial charge in [-0.15, -0.1) is 0 Å². The van der Waals surface area contributed by atoms with Crippen LogP contribution in [0.5, 0.6) is 0 Å². The number of carbonyl (C=O) groups excluding carboxylic acids is 2. The molecule has 2 aromatic carbocycles. The molecule has 0 radical (unpaired) electrons. The minimum Gasteiger partial charge on any atom is -0.467 e. The summed E-state index contributed by atoms with van der Waals surface area (Å²) in [5.41, 5.74) is 0.911. The number of hydrogen-bond donors (Lipinski definition) is 1. The molecule has 0 bridgehead atoms. The molecule has 1 unspecified atom stereocenters. The molecular formula is C24H17ClFN3O3S. The lowest BCUT2D eigenvalue weighted by atomic mass is 10.1. The lowest BCUT2D eigenvalue weighted by Crippen LogP contribution is -2.32. The fraction of sp³-hybridized carbons (Fsp3) is 0.125. The quantitative estimate of drug-likeness (QED) is 0.403. The monoisotopic (exact) mass is 481 g/mol. The maximum atomic E-state index is 13.5. The van der Waals surface area contributed by atoms with Crippen LogP contribution in [-0.2, 0) is 22.6 Å². The molecule has 3 aromatic rings. The SMILES string of the molecule is N#CC(C(=O)NCc1ccco1)=C1SC(Cc2ccccc2Cl)C(=O)N1c1ccc(F)cc1. The number of carbonyl (C=O) groups is 2. The summed E-state index contributed by atoms with van der Waals surface area (Å²) < 4.78 is 18.7. The Morgan fingerprint density at radius 1 is 1.18 bits per heavy atom. The molecule has 0 aliphatic carbocycles. The highest BCUT2D eigenvalue weighted by Gasteiger charge is 2.41. The van der Waals surface area contributed by atoms with Gasteiger partial charge in [-0.2, -0.15) is 5.26 Å². The molecule has 0 saturated carbocycles. The number of rotatable bonds is 6. The number of nitrogens with one attached hydrogen (secondary N) is 1. The van der Waals surface area contributed by atoms with Crippen LogP contribution in [0.1, 0.15) is 11.3 Å². The average molecular weight is 482 g/mol. The summed E-state index contributed by atoms with van der Waals surface area (Å²) in [4.78, 5) is 27.5. The van der Waals surface area contributed by atoms with Crippen molar-refractivity contribution in [3.05, 3.63) is 99.7 Å². The molecule has 33 heavy (non-hydrogen) atoms. The fourth-order valence-electron chi connectivity index (χ4n) is 3.34. The van der Waals surface area contributed by atoms with Crippen molar-refractivity contribution in [1.29, 1.82) is 5.26 Å². The van der Waals surface area contributed by atoms with Gasteiger partial charge in [-0.25, -0.2) is 4.39 Å². The van der Waals surface area contributed by atoms with Gasteiger partial charge in [0, 0.05) is 10.7 Å². The number of nitrogens with zero attached hydrogens (tertiary/aromatic N) is 2. The van der Waals surface area contributed by atoms with Crippen LogP contribution in [0.2, 0.25) is 5.02 Å². The van der Waals surface area contributed by atoms with E-state index in [1.54, 1.807) is 24.3 Å². The van der Waals surface area contributed by atoms with E-state index in [4.69, 9.17) is 16.0 Å². The largest absolute Gasteiger partial charge is 0.467 e. The van der Waals surface area contributed by atoms with Crippen LogP contribution < -0.4 is 10.2 Å². The minimum absolute atomic E-state index is 0.0858. The van der Waals surface area contributed by atoms with Gasteiger partial charge in [0.2, 0.25) is 5.91 Å². The first-order valence-corrected chi connectivity index (χ1v) is 11.2. The summed E-state index contributed by atoms with van der Waals surface area (Å²) in [6, 6.07) is 17.8. The average Bonchev–Trinajstić information content (AvgIpc) is 3.44. The molecule has 6 nitrogen and oxygen atoms in total. The highest BCUT2D eigenvalue weighted by molar-refractivity contribution is 8.05. The molecule has 2 amide bonds. The van der Waals surface area contributed by atoms with Gasteiger partial charge in [-0.1, -0.05) is 41.6 Å². The second-order valence-electron chi connectivity index (χ2n) is 7.11. The molecule has 1 atom stereocenters. The maximum Gasteiger partial charge on any atom is 0.265 e. The van der Waals surface area contributed by atoms with Crippen LogP contribution in [0.3, 0.4) is 0 Å². The number of thioether (sulfide) groups is 1. The predicted molar refractivity (Wildman–Crippen MR) is 124 cm³/mol. The number of hydrogen-bond acceptors (Lipinski definition) is 5. The van der Waals surface area contributed by atoms with Crippen molar-refractivity contribution in [3.63, 3.8) is 0 Å². The molecule has 1 aliphatic heterocycles. The van der Waals surface area contributed by atoms with Gasteiger partial charge in [0.05, 0.1) is 18.1 Å². The molecule has 1 aliphatic rings. The van der Waals surface area contributed by atoms with Gasteiger partial charge >= 0.3 is 0 Å². The Morgan fingerprint density at radius 3 is 2.61 bits per heavy atom. The van der Waals surface area contributed by atoms with Gasteiger partial charge in [0.1, 0.15) is 28.2 Å². The van der Waals surface area contributed by atoms with Crippen LogP contribution in [-0.4, -0.2) is 17.1 Å². The van der Waals surface area contributed by atoms with E-state index in [2.05, 4.69) is 5.32 Å². The Hall–Kier alpha value is -3.54. The third kappa shape index (κ3) is 4.95. The third-order valence-electron chi connectivity index (χ3n) is 4.96. The number of amides is 2. The summed E-state index contributed by atoms with van der Waals surface area (Å²) in [7, 11) is 0. The van der Waals surface area contributed by atoms with Crippen molar-refractivity contribution in [2.45, 2.75) is 18.2 Å². The Bertz CT molecular complexity index is 1250. The first-order valence-electron chi connectivity index (χ1n) is 9.92. The van der Waals surface area contributed by atoms with Crippen LogP contribution in [0.4, 0.5) is 10.1 Å². The summed E-state index contributed by atoms with van der Waals surface area (Å²) >= 11 is 7.39. The van der Waals surface area contributed by atoms with Crippen LogP contribution >= 0.6 is 23.4 Å². The van der Waals surface area contributed by atoms with Crippen LogP contribution in [0.25, 0.3) is 0 Å². The van der Waals surface area contributed by atoms with Crippen molar-refractivity contribution in [2.75, 3.05) is 4.90 Å². The van der Waals surface area contributed by atoms with E-state index in [-0.39, 0.29) is 23.1 Å². The second-order valence-corrected chi connectivity index (χ2v) is 8.70. The van der Waals surface area contributed by atoms with E-state index in [1.807, 2.05) is 18.2 Å². The molecular weight excluding hydrogens is 465 g/mol. The standard InChI is InChI=1S/C24H17ClFN3O3S/c25-20-6-2-1-4-15(20)12-21-23(31)29(17-9-7-16(26)8-10-17)24(33-21)19(13-27)22(30)28-14-18-5-3-11-32-18/h1-11,21H,12,14H2,(H,28,30). The smallest absolute Gasteiger partial charge is 0.265 e. The Labute approximate surface area is 198 Å². The first-order chi connectivity index (χ1) is 16.0. The third-order valence-corrected chi connectivity index (χ3v) is 6.59. The summed E-state index contributed by atoms with van der Waals surface area (Å²) in [5, 5.41) is 12.5. The van der Waals surface area contributed by atoms with Gasteiger partial charge in [-0.05, 0) is 54.4 Å². The molecule has 4 rings (SSSR count). The number of anilines is 1. The van der Waals surface area contributed by atoms with Crippen molar-refractivity contribution in [3.8, 4) is 6.07 Å². The zero-order valence-electron chi connectivity index (χ0n) is 17.1. The molecule has 9 heteroatoms. The molecule has 1 saturated heterocycles. The van der Waals surface area contributed by atoms with Gasteiger partial charge in [0.25, 0.3) is 5.91 Å². The molecule has 1 fully saturated rings. The molecule has 1 N–H and O–H groups in total. The topological polar surface area (TPSA) is 86.3 Å². The fourth-order valence-corrected chi connectivity index (χ4v) is 4.85. The van der Waals surface area contributed by atoms with Gasteiger partial charge in [0.15, 0.2) is 0 Å². The van der Waals surface area contributed by atoms with E-state index in [0.717, 1.165) is 17.3 Å². The van der Waals surface area contributed by atoms with Crippen LogP contribution in [0, 0.1) is 17.1 Å². The molecule has 0 spiro atoms. The second kappa shape index (κ2) is 9.94. The van der Waals surface area contributed by atoms with E-state index in [9.17, 15) is 19.2 Å². The normalized spacial score (nSPS) is 17.1. The molecule has 166 valence electrons. The lowest BCUT2D eigenvalue weighted by molar-refractivity contribution is -0.117. The van der Waals surface area contributed by atoms with Crippen molar-refractivity contribution < 1.29 is 18.4 Å². The van der Waals surface area contributed by atoms with E-state index in [1.165, 1.54) is 35.4 Å². The minimum atomic E-state index is -0.644. The van der Waals surface area contributed by atoms with E-state index in [0.29, 0.717) is 22.9 Å². The van der Waals surface area contributed by atoms with E-state index >= 15 is 0 Å². The summed E-state index contributed by atoms with van der Waals surface area (Å²) in [5.74, 6) is -0.913. The molecule has 2 heterocycles. The number of furan rings is 1. The highest BCUT2D eigenvalue weighted by Crippen LogP contribution is 2.42. The van der Waals surface area contributed by atoms with Crippen molar-refractivity contribution in [2.24, 2.45) is 0 Å². The van der Waals surface area contributed by atoms with Crippen molar-refractivity contribution >= 4 is 40.9 Å². The lowest BCUT2D eigenvalue weighted by Gasteiger charge is -2.18. The number of benzene rings is 2. The van der Waals surface area contributed by atoms with Crippen LogP contribution in [0.15, 0.2) is 81.9 Å². The molecule has 1 aromatic heterocycles. The number of nitriles is 1. The highest BCUT2D eigenvalue weighted by atomic mass is 35.5. The Balaban J connectivity index is 1.69. The summed E-state index contributed by atoms with van der Waals surface area (Å²) in [6.07, 6.45) is 1.78. The van der Waals surface area contributed by atoms with E-state index < -0.39 is 17.0 Å². The van der Waals surface area contributed by atoms with Gasteiger partial charge in [-0.3, -0.25) is 14.5 Å². The van der Waals surface area contributed by atoms with Gasteiger partial charge < -0.3 is 9.73 Å².